The molecular weight excluding hydrogens is 187 g/mol. The summed E-state index contributed by atoms with van der Waals surface area (Å²) in [6.45, 7) is 1.52. The van der Waals surface area contributed by atoms with E-state index in [0.29, 0.717) is 11.8 Å². The van der Waals surface area contributed by atoms with Crippen LogP contribution in [-0.4, -0.2) is 23.6 Å². The standard InChI is InChI=1S/C5H7F5S/c1-2-11-3-4(6,7)5(8,9)10/h2-3H2,1H3. The fourth-order valence-corrected chi connectivity index (χ4v) is 0.936. The summed E-state index contributed by atoms with van der Waals surface area (Å²) in [5, 5.41) is 0. The molecule has 0 nitrogen and oxygen atoms in total. The Labute approximate surface area is 65.1 Å². The summed E-state index contributed by atoms with van der Waals surface area (Å²) in [4.78, 5) is 0. The SMILES string of the molecule is CCSCC(F)(F)C(F)(F)F. The fraction of sp³-hybridized carbons (Fsp3) is 1.00. The Morgan fingerprint density at radius 3 is 1.82 bits per heavy atom. The Morgan fingerprint density at radius 1 is 1.09 bits per heavy atom. The summed E-state index contributed by atoms with van der Waals surface area (Å²) in [5.41, 5.74) is 0. The largest absolute Gasteiger partial charge is 0.454 e. The molecule has 0 rings (SSSR count). The summed E-state index contributed by atoms with van der Waals surface area (Å²) in [6, 6.07) is 0. The topological polar surface area (TPSA) is 0 Å². The van der Waals surface area contributed by atoms with E-state index in [2.05, 4.69) is 0 Å². The highest BCUT2D eigenvalue weighted by molar-refractivity contribution is 7.99. The highest BCUT2D eigenvalue weighted by Gasteiger charge is 2.56. The van der Waals surface area contributed by atoms with Crippen molar-refractivity contribution in [2.45, 2.75) is 19.0 Å². The van der Waals surface area contributed by atoms with E-state index in [1.165, 1.54) is 6.92 Å². The molecule has 0 aliphatic carbocycles. The van der Waals surface area contributed by atoms with Crippen LogP contribution in [0.5, 0.6) is 0 Å². The average molecular weight is 194 g/mol. The van der Waals surface area contributed by atoms with Crippen molar-refractivity contribution in [1.82, 2.24) is 0 Å². The highest BCUT2D eigenvalue weighted by atomic mass is 32.2. The average Bonchev–Trinajstić information content (AvgIpc) is 1.81. The van der Waals surface area contributed by atoms with Gasteiger partial charge in [-0.15, -0.1) is 0 Å². The smallest absolute Gasteiger partial charge is 0.195 e. The van der Waals surface area contributed by atoms with Crippen LogP contribution in [0.4, 0.5) is 22.0 Å². The molecule has 0 saturated heterocycles. The summed E-state index contributed by atoms with van der Waals surface area (Å²) in [5.74, 6) is -5.48. The minimum Gasteiger partial charge on any atom is -0.195 e. The lowest BCUT2D eigenvalue weighted by molar-refractivity contribution is -0.271. The van der Waals surface area contributed by atoms with Gasteiger partial charge >= 0.3 is 12.1 Å². The van der Waals surface area contributed by atoms with Crippen LogP contribution < -0.4 is 0 Å². The molecule has 0 aromatic rings. The number of thioether (sulfide) groups is 1. The zero-order valence-corrected chi connectivity index (χ0v) is 6.53. The van der Waals surface area contributed by atoms with E-state index in [9.17, 15) is 22.0 Å². The van der Waals surface area contributed by atoms with Gasteiger partial charge in [-0.1, -0.05) is 6.92 Å². The van der Waals surface area contributed by atoms with Gasteiger partial charge in [0.1, 0.15) is 0 Å². The second-order valence-electron chi connectivity index (χ2n) is 1.84. The third-order valence-electron chi connectivity index (χ3n) is 0.902. The van der Waals surface area contributed by atoms with E-state index in [4.69, 9.17) is 0 Å². The molecule has 0 atom stereocenters. The monoisotopic (exact) mass is 194 g/mol. The zero-order chi connectivity index (χ0) is 9.12. The molecule has 0 unspecified atom stereocenters. The van der Waals surface area contributed by atoms with Gasteiger partial charge in [0.2, 0.25) is 0 Å². The van der Waals surface area contributed by atoms with E-state index in [1.54, 1.807) is 0 Å². The third kappa shape index (κ3) is 3.27. The quantitative estimate of drug-likeness (QED) is 0.622. The molecule has 0 N–H and O–H groups in total. The van der Waals surface area contributed by atoms with Crippen LogP contribution in [-0.2, 0) is 0 Å². The minimum absolute atomic E-state index is 0.256. The number of halogens is 5. The molecule has 0 fully saturated rings. The zero-order valence-electron chi connectivity index (χ0n) is 5.71. The van der Waals surface area contributed by atoms with Gasteiger partial charge in [0.05, 0.1) is 5.75 Å². The van der Waals surface area contributed by atoms with Gasteiger partial charge in [-0.3, -0.25) is 0 Å². The molecule has 0 saturated carbocycles. The van der Waals surface area contributed by atoms with Gasteiger partial charge in [-0.2, -0.15) is 33.7 Å². The molecule has 6 heteroatoms. The predicted octanol–water partition coefficient (Wildman–Crippen LogP) is 2.94. The lowest BCUT2D eigenvalue weighted by Crippen LogP contribution is -2.38. The first-order valence-electron chi connectivity index (χ1n) is 2.83. The summed E-state index contributed by atoms with van der Waals surface area (Å²) in [6.07, 6.45) is -5.41. The van der Waals surface area contributed by atoms with Gasteiger partial charge in [0.25, 0.3) is 0 Å². The van der Waals surface area contributed by atoms with Gasteiger partial charge in [0.15, 0.2) is 0 Å². The Hall–Kier alpha value is -0.0000000000000000555. The Kier molecular flexibility index (Phi) is 3.60. The van der Waals surface area contributed by atoms with Crippen molar-refractivity contribution in [3.63, 3.8) is 0 Å². The van der Waals surface area contributed by atoms with Crippen LogP contribution in [0, 0.1) is 0 Å². The summed E-state index contributed by atoms with van der Waals surface area (Å²) >= 11 is 0.572. The van der Waals surface area contributed by atoms with Crippen LogP contribution in [0.3, 0.4) is 0 Å². The molecule has 0 spiro atoms. The predicted molar refractivity (Wildman–Crippen MR) is 34.0 cm³/mol. The van der Waals surface area contributed by atoms with Crippen molar-refractivity contribution < 1.29 is 22.0 Å². The van der Waals surface area contributed by atoms with E-state index in [-0.39, 0.29) is 5.75 Å². The number of hydrogen-bond donors (Lipinski definition) is 0. The Bertz CT molecular complexity index is 119. The first-order chi connectivity index (χ1) is 4.81. The van der Waals surface area contributed by atoms with Gasteiger partial charge in [-0.05, 0) is 5.75 Å². The van der Waals surface area contributed by atoms with Crippen LogP contribution in [0.2, 0.25) is 0 Å². The Morgan fingerprint density at radius 2 is 1.55 bits per heavy atom. The summed E-state index contributed by atoms with van der Waals surface area (Å²) in [7, 11) is 0. The maximum Gasteiger partial charge on any atom is 0.454 e. The number of hydrogen-bond acceptors (Lipinski definition) is 1. The molecular formula is C5H7F5S. The second kappa shape index (κ2) is 3.60. The van der Waals surface area contributed by atoms with Crippen molar-refractivity contribution in [1.29, 1.82) is 0 Å². The molecule has 0 heterocycles. The molecule has 68 valence electrons. The second-order valence-corrected chi connectivity index (χ2v) is 3.11. The molecule has 0 aromatic heterocycles. The molecule has 0 amide bonds. The molecule has 0 aromatic carbocycles. The molecule has 11 heavy (non-hydrogen) atoms. The first-order valence-corrected chi connectivity index (χ1v) is 3.99. The van der Waals surface area contributed by atoms with Crippen LogP contribution in [0.15, 0.2) is 0 Å². The molecule has 0 aliphatic rings. The number of alkyl halides is 5. The fourth-order valence-electron chi connectivity index (χ4n) is 0.312. The normalized spacial score (nSPS) is 13.6. The molecule has 0 bridgehead atoms. The van der Waals surface area contributed by atoms with E-state index in [1.807, 2.05) is 0 Å². The van der Waals surface area contributed by atoms with Crippen molar-refractivity contribution in [2.75, 3.05) is 11.5 Å². The first kappa shape index (κ1) is 11.0. The van der Waals surface area contributed by atoms with Crippen molar-refractivity contribution in [2.24, 2.45) is 0 Å². The van der Waals surface area contributed by atoms with Crippen LogP contribution in [0.1, 0.15) is 6.92 Å². The molecule has 0 radical (unpaired) electrons. The van der Waals surface area contributed by atoms with E-state index in [0.717, 1.165) is 0 Å². The lowest BCUT2D eigenvalue weighted by Gasteiger charge is -2.18. The molecule has 0 aliphatic heterocycles. The minimum atomic E-state index is -5.41. The Balaban J connectivity index is 4.00. The van der Waals surface area contributed by atoms with Crippen molar-refractivity contribution in [3.05, 3.63) is 0 Å². The number of rotatable bonds is 3. The summed E-state index contributed by atoms with van der Waals surface area (Å²) < 4.78 is 58.1. The van der Waals surface area contributed by atoms with Crippen LogP contribution in [0.25, 0.3) is 0 Å². The van der Waals surface area contributed by atoms with E-state index < -0.39 is 17.9 Å². The highest BCUT2D eigenvalue weighted by Crippen LogP contribution is 2.37. The van der Waals surface area contributed by atoms with Crippen molar-refractivity contribution in [3.8, 4) is 0 Å². The maximum absolute atomic E-state index is 12.0. The van der Waals surface area contributed by atoms with E-state index >= 15 is 0 Å². The van der Waals surface area contributed by atoms with Gasteiger partial charge in [0, 0.05) is 0 Å². The maximum atomic E-state index is 12.0. The van der Waals surface area contributed by atoms with Gasteiger partial charge < -0.3 is 0 Å². The third-order valence-corrected chi connectivity index (χ3v) is 1.88. The van der Waals surface area contributed by atoms with Crippen LogP contribution >= 0.6 is 11.8 Å². The van der Waals surface area contributed by atoms with Crippen molar-refractivity contribution >= 4 is 11.8 Å². The van der Waals surface area contributed by atoms with Gasteiger partial charge in [-0.25, -0.2) is 0 Å². The lowest BCUT2D eigenvalue weighted by atomic mass is 10.4.